The molecule has 4 nitrogen and oxygen atoms in total. The summed E-state index contributed by atoms with van der Waals surface area (Å²) in [6.07, 6.45) is 6.80. The Kier molecular flexibility index (Phi) is 2.57. The predicted molar refractivity (Wildman–Crippen MR) is 71.0 cm³/mol. The molecule has 0 saturated heterocycles. The number of hydrogen-bond donors (Lipinski definition) is 0. The summed E-state index contributed by atoms with van der Waals surface area (Å²) in [5, 5.41) is 0. The Hall–Kier alpha value is -1.52. The van der Waals surface area contributed by atoms with Crippen molar-refractivity contribution in [2.45, 2.75) is 19.1 Å². The van der Waals surface area contributed by atoms with E-state index in [-0.39, 0.29) is 0 Å². The minimum atomic E-state index is -0.765. The van der Waals surface area contributed by atoms with Crippen LogP contribution in [0.5, 0.6) is 0 Å². The Bertz CT molecular complexity index is 546. The van der Waals surface area contributed by atoms with Crippen LogP contribution in [0.3, 0.4) is 0 Å². The van der Waals surface area contributed by atoms with Crippen LogP contribution in [-0.2, 0) is 9.47 Å². The van der Waals surface area contributed by atoms with E-state index in [4.69, 9.17) is 9.47 Å². The molecular formula is C14H16N2O2. The van der Waals surface area contributed by atoms with Gasteiger partial charge in [0, 0.05) is 26.3 Å². The standard InChI is InChI=1S/C14H16N2O2/c1-9-13-10(5-7-15-9)11-8-14(17-2,18-3)6-4-12(11)16-13/h4,6,8H,5,7H2,1-3H3. The van der Waals surface area contributed by atoms with Gasteiger partial charge >= 0.3 is 0 Å². The molecule has 0 bridgehead atoms. The first-order valence-electron chi connectivity index (χ1n) is 6.05. The van der Waals surface area contributed by atoms with Gasteiger partial charge in [-0.15, -0.1) is 0 Å². The van der Waals surface area contributed by atoms with E-state index in [9.17, 15) is 0 Å². The fraction of sp³-hybridized carbons (Fsp3) is 0.429. The van der Waals surface area contributed by atoms with Crippen LogP contribution in [0.1, 0.15) is 13.3 Å². The molecule has 0 unspecified atom stereocenters. The van der Waals surface area contributed by atoms with Gasteiger partial charge in [-0.1, -0.05) is 0 Å². The first kappa shape index (κ1) is 11.6. The van der Waals surface area contributed by atoms with Crippen LogP contribution in [0, 0.1) is 0 Å². The summed E-state index contributed by atoms with van der Waals surface area (Å²) < 4.78 is 10.9. The second-order valence-electron chi connectivity index (χ2n) is 4.56. The van der Waals surface area contributed by atoms with Gasteiger partial charge in [-0.05, 0) is 37.1 Å². The molecule has 0 radical (unpaired) electrons. The molecule has 0 saturated carbocycles. The first-order valence-corrected chi connectivity index (χ1v) is 6.05. The molecule has 0 aromatic rings. The number of nitrogens with zero attached hydrogens (tertiary/aromatic N) is 2. The zero-order chi connectivity index (χ0) is 12.8. The Morgan fingerprint density at radius 1 is 1.28 bits per heavy atom. The molecule has 0 spiro atoms. The van der Waals surface area contributed by atoms with Crippen molar-refractivity contribution in [1.29, 1.82) is 0 Å². The minimum Gasteiger partial charge on any atom is -0.346 e. The fourth-order valence-corrected chi connectivity index (χ4v) is 2.56. The van der Waals surface area contributed by atoms with E-state index in [1.54, 1.807) is 14.2 Å². The maximum Gasteiger partial charge on any atom is 0.208 e. The third-order valence-corrected chi connectivity index (χ3v) is 3.63. The quantitative estimate of drug-likeness (QED) is 0.698. The van der Waals surface area contributed by atoms with Crippen LogP contribution in [0.25, 0.3) is 0 Å². The van der Waals surface area contributed by atoms with Crippen molar-refractivity contribution in [3.63, 3.8) is 0 Å². The average Bonchev–Trinajstić information content (AvgIpc) is 2.78. The van der Waals surface area contributed by atoms with Crippen molar-refractivity contribution in [1.82, 2.24) is 0 Å². The molecule has 2 aliphatic heterocycles. The van der Waals surface area contributed by atoms with Crippen molar-refractivity contribution in [3.05, 3.63) is 35.1 Å². The molecule has 1 aliphatic carbocycles. The smallest absolute Gasteiger partial charge is 0.208 e. The Balaban J connectivity index is 2.09. The molecule has 3 rings (SSSR count). The van der Waals surface area contributed by atoms with E-state index < -0.39 is 5.79 Å². The summed E-state index contributed by atoms with van der Waals surface area (Å²) >= 11 is 0. The van der Waals surface area contributed by atoms with Crippen LogP contribution < -0.4 is 0 Å². The molecule has 0 aromatic heterocycles. The SMILES string of the molecule is COC1(OC)C=CC2=NC3=C(CCN=C3C)C2=C1. The van der Waals surface area contributed by atoms with Gasteiger partial charge in [0.15, 0.2) is 0 Å². The number of aliphatic imine (C=N–C) groups is 2. The lowest BCUT2D eigenvalue weighted by Gasteiger charge is -2.28. The van der Waals surface area contributed by atoms with E-state index in [1.807, 2.05) is 25.2 Å². The molecule has 18 heavy (non-hydrogen) atoms. The van der Waals surface area contributed by atoms with E-state index >= 15 is 0 Å². The van der Waals surface area contributed by atoms with Gasteiger partial charge in [-0.2, -0.15) is 0 Å². The van der Waals surface area contributed by atoms with Gasteiger partial charge in [0.25, 0.3) is 0 Å². The topological polar surface area (TPSA) is 43.2 Å². The number of ether oxygens (including phenoxy) is 2. The van der Waals surface area contributed by atoms with E-state index in [1.165, 1.54) is 5.57 Å². The van der Waals surface area contributed by atoms with E-state index in [0.717, 1.165) is 35.7 Å². The zero-order valence-corrected chi connectivity index (χ0v) is 10.9. The summed E-state index contributed by atoms with van der Waals surface area (Å²) in [7, 11) is 3.29. The number of allylic oxidation sites excluding steroid dienone is 3. The summed E-state index contributed by atoms with van der Waals surface area (Å²) in [4.78, 5) is 9.09. The Morgan fingerprint density at radius 2 is 2.06 bits per heavy atom. The Labute approximate surface area is 106 Å². The average molecular weight is 244 g/mol. The van der Waals surface area contributed by atoms with Crippen molar-refractivity contribution >= 4 is 11.4 Å². The molecule has 0 N–H and O–H groups in total. The highest BCUT2D eigenvalue weighted by atomic mass is 16.7. The second kappa shape index (κ2) is 4.00. The molecule has 0 amide bonds. The highest BCUT2D eigenvalue weighted by molar-refractivity contribution is 6.19. The Morgan fingerprint density at radius 3 is 2.78 bits per heavy atom. The second-order valence-corrected chi connectivity index (χ2v) is 4.56. The van der Waals surface area contributed by atoms with Gasteiger partial charge in [-0.3, -0.25) is 4.99 Å². The summed E-state index contributed by atoms with van der Waals surface area (Å²) in [5.74, 6) is -0.765. The summed E-state index contributed by atoms with van der Waals surface area (Å²) in [5.41, 5.74) is 5.43. The molecule has 0 fully saturated rings. The van der Waals surface area contributed by atoms with Gasteiger partial charge in [-0.25, -0.2) is 4.99 Å². The van der Waals surface area contributed by atoms with Gasteiger partial charge in [0.1, 0.15) is 0 Å². The molecule has 4 heteroatoms. The number of dihydropyridines is 1. The van der Waals surface area contributed by atoms with Crippen molar-refractivity contribution in [2.24, 2.45) is 9.98 Å². The molecule has 0 aromatic carbocycles. The molecule has 0 atom stereocenters. The normalized spacial score (nSPS) is 24.3. The van der Waals surface area contributed by atoms with Gasteiger partial charge in [0.2, 0.25) is 5.79 Å². The van der Waals surface area contributed by atoms with Crippen LogP contribution in [0.15, 0.2) is 45.1 Å². The number of hydrogen-bond acceptors (Lipinski definition) is 4. The van der Waals surface area contributed by atoms with Crippen LogP contribution in [0.4, 0.5) is 0 Å². The summed E-state index contributed by atoms with van der Waals surface area (Å²) in [6, 6.07) is 0. The number of fused-ring (bicyclic) bond motifs is 2. The van der Waals surface area contributed by atoms with Gasteiger partial charge < -0.3 is 9.47 Å². The fourth-order valence-electron chi connectivity index (χ4n) is 2.56. The summed E-state index contributed by atoms with van der Waals surface area (Å²) in [6.45, 7) is 2.85. The zero-order valence-electron chi connectivity index (χ0n) is 10.9. The highest BCUT2D eigenvalue weighted by Gasteiger charge is 2.34. The lowest BCUT2D eigenvalue weighted by Crippen LogP contribution is -2.32. The van der Waals surface area contributed by atoms with Crippen LogP contribution in [0.2, 0.25) is 0 Å². The third-order valence-electron chi connectivity index (χ3n) is 3.63. The number of methoxy groups -OCH3 is 2. The lowest BCUT2D eigenvalue weighted by atomic mass is 9.91. The lowest BCUT2D eigenvalue weighted by molar-refractivity contribution is -0.133. The number of rotatable bonds is 2. The first-order chi connectivity index (χ1) is 8.69. The van der Waals surface area contributed by atoms with E-state index in [2.05, 4.69) is 9.98 Å². The minimum absolute atomic E-state index is 0.765. The van der Waals surface area contributed by atoms with Crippen molar-refractivity contribution in [3.8, 4) is 0 Å². The van der Waals surface area contributed by atoms with Gasteiger partial charge in [0.05, 0.1) is 17.1 Å². The van der Waals surface area contributed by atoms with E-state index in [0.29, 0.717) is 0 Å². The maximum absolute atomic E-state index is 5.45. The predicted octanol–water partition coefficient (Wildman–Crippen LogP) is 2.04. The van der Waals surface area contributed by atoms with Crippen LogP contribution >= 0.6 is 0 Å². The van der Waals surface area contributed by atoms with Crippen molar-refractivity contribution in [2.75, 3.05) is 20.8 Å². The molecule has 2 heterocycles. The molecule has 3 aliphatic rings. The largest absolute Gasteiger partial charge is 0.346 e. The molecule has 94 valence electrons. The van der Waals surface area contributed by atoms with Crippen molar-refractivity contribution < 1.29 is 9.47 Å². The highest BCUT2D eigenvalue weighted by Crippen LogP contribution is 2.36. The monoisotopic (exact) mass is 244 g/mol. The maximum atomic E-state index is 5.45. The van der Waals surface area contributed by atoms with Crippen LogP contribution in [-0.4, -0.2) is 38.0 Å². The molecular weight excluding hydrogens is 228 g/mol. The third kappa shape index (κ3) is 1.53.